The minimum atomic E-state index is 0.162. The van der Waals surface area contributed by atoms with Gasteiger partial charge in [0.1, 0.15) is 17.9 Å². The van der Waals surface area contributed by atoms with Crippen LogP contribution in [0.25, 0.3) is 10.9 Å². The third kappa shape index (κ3) is 4.32. The zero-order valence-corrected chi connectivity index (χ0v) is 19.5. The molecule has 1 N–H and O–H groups in total. The second kappa shape index (κ2) is 9.21. The van der Waals surface area contributed by atoms with Crippen molar-refractivity contribution in [1.82, 2.24) is 19.9 Å². The number of hydrogen-bond acceptors (Lipinski definition) is 9. The van der Waals surface area contributed by atoms with Gasteiger partial charge in [-0.15, -0.1) is 0 Å². The number of nitrogens with zero attached hydrogens (tertiary/aromatic N) is 5. The molecule has 0 amide bonds. The molecule has 2 aliphatic heterocycles. The van der Waals surface area contributed by atoms with Gasteiger partial charge in [0.25, 0.3) is 0 Å². The van der Waals surface area contributed by atoms with Crippen LogP contribution in [0.4, 0.5) is 11.5 Å². The molecule has 34 heavy (non-hydrogen) atoms. The van der Waals surface area contributed by atoms with Gasteiger partial charge in [0, 0.05) is 43.5 Å². The molecular weight excluding hydrogens is 432 g/mol. The second-order valence-electron chi connectivity index (χ2n) is 9.23. The number of rotatable bonds is 5. The van der Waals surface area contributed by atoms with Gasteiger partial charge in [-0.1, -0.05) is 0 Å². The van der Waals surface area contributed by atoms with E-state index in [0.717, 1.165) is 104 Å². The van der Waals surface area contributed by atoms with Crippen molar-refractivity contribution in [3.63, 3.8) is 0 Å². The number of aryl methyl sites for hydroxylation is 1. The molecule has 1 saturated heterocycles. The Labute approximate surface area is 198 Å². The Kier molecular flexibility index (Phi) is 5.78. The van der Waals surface area contributed by atoms with E-state index < -0.39 is 0 Å². The molecule has 0 radical (unpaired) electrons. The van der Waals surface area contributed by atoms with Gasteiger partial charge in [-0.3, -0.25) is 0 Å². The lowest BCUT2D eigenvalue weighted by atomic mass is 9.93. The Hall–Kier alpha value is -3.20. The summed E-state index contributed by atoms with van der Waals surface area (Å²) in [5, 5.41) is 4.58. The summed E-state index contributed by atoms with van der Waals surface area (Å²) in [5.74, 6) is 3.33. The maximum Gasteiger partial charge on any atom is 0.183 e. The fourth-order valence-electron chi connectivity index (χ4n) is 5.13. The summed E-state index contributed by atoms with van der Waals surface area (Å²) in [7, 11) is 0. The number of anilines is 2. The van der Waals surface area contributed by atoms with Gasteiger partial charge in [-0.2, -0.15) is 0 Å². The molecular formula is C25H30N6O3. The quantitative estimate of drug-likeness (QED) is 0.613. The lowest BCUT2D eigenvalue weighted by molar-refractivity contribution is 0.122. The fourth-order valence-corrected chi connectivity index (χ4v) is 5.13. The molecule has 9 nitrogen and oxygen atoms in total. The Morgan fingerprint density at radius 1 is 1.06 bits per heavy atom. The van der Waals surface area contributed by atoms with Crippen LogP contribution >= 0.6 is 0 Å². The number of nitrogens with one attached hydrogen (secondary N) is 1. The van der Waals surface area contributed by atoms with Gasteiger partial charge in [0.2, 0.25) is 0 Å². The van der Waals surface area contributed by atoms with Crippen molar-refractivity contribution < 1.29 is 14.2 Å². The van der Waals surface area contributed by atoms with E-state index in [4.69, 9.17) is 14.2 Å². The maximum atomic E-state index is 6.58. The Balaban J connectivity index is 1.15. The van der Waals surface area contributed by atoms with Gasteiger partial charge in [0.05, 0.1) is 42.5 Å². The Morgan fingerprint density at radius 3 is 2.76 bits per heavy atom. The first-order valence-corrected chi connectivity index (χ1v) is 12.2. The van der Waals surface area contributed by atoms with Crippen molar-refractivity contribution >= 4 is 22.4 Å². The van der Waals surface area contributed by atoms with E-state index in [1.807, 2.05) is 13.1 Å². The number of benzene rings is 1. The molecule has 0 spiro atoms. The molecule has 2 aromatic heterocycles. The van der Waals surface area contributed by atoms with Crippen molar-refractivity contribution in [2.45, 2.75) is 51.2 Å². The average molecular weight is 463 g/mol. The van der Waals surface area contributed by atoms with Crippen LogP contribution in [-0.2, 0) is 11.2 Å². The van der Waals surface area contributed by atoms with Crippen molar-refractivity contribution in [3.8, 4) is 11.5 Å². The topological polar surface area (TPSA) is 94.5 Å². The van der Waals surface area contributed by atoms with Crippen molar-refractivity contribution in [2.75, 3.05) is 43.1 Å². The van der Waals surface area contributed by atoms with Crippen LogP contribution in [0.1, 0.15) is 37.2 Å². The van der Waals surface area contributed by atoms with Gasteiger partial charge >= 0.3 is 0 Å². The molecule has 9 heteroatoms. The first-order valence-electron chi connectivity index (χ1n) is 12.2. The maximum absolute atomic E-state index is 6.58. The number of ether oxygens (including phenoxy) is 3. The minimum absolute atomic E-state index is 0.162. The molecule has 2 fully saturated rings. The summed E-state index contributed by atoms with van der Waals surface area (Å²) >= 11 is 0. The van der Waals surface area contributed by atoms with E-state index in [9.17, 15) is 0 Å². The molecule has 0 atom stereocenters. The fraction of sp³-hybridized carbons (Fsp3) is 0.520. The standard InChI is InChI=1S/C25H30N6O3/c1-16-28-21-6-9-33-24(21)25(29-16)30-17-2-4-19(5-3-17)34-23-13-18(31-7-10-32-11-8-31)12-22-20(23)14-26-15-27-22/h12-15,17,19H,2-11H2,1H3,(H,28,29,30). The molecule has 4 heterocycles. The van der Waals surface area contributed by atoms with Crippen LogP contribution in [0.5, 0.6) is 11.5 Å². The number of hydrogen-bond donors (Lipinski definition) is 1. The minimum Gasteiger partial charge on any atom is -0.490 e. The van der Waals surface area contributed by atoms with Crippen LogP contribution in [0.3, 0.4) is 0 Å². The van der Waals surface area contributed by atoms with E-state index >= 15 is 0 Å². The van der Waals surface area contributed by atoms with E-state index in [2.05, 4.69) is 42.3 Å². The third-order valence-electron chi connectivity index (χ3n) is 6.89. The van der Waals surface area contributed by atoms with Crippen LogP contribution in [-0.4, -0.2) is 65.0 Å². The van der Waals surface area contributed by atoms with Crippen molar-refractivity contribution in [3.05, 3.63) is 36.2 Å². The first kappa shape index (κ1) is 21.3. The molecule has 1 aromatic carbocycles. The van der Waals surface area contributed by atoms with E-state index in [-0.39, 0.29) is 6.10 Å². The van der Waals surface area contributed by atoms with Gasteiger partial charge < -0.3 is 24.4 Å². The summed E-state index contributed by atoms with van der Waals surface area (Å²) in [4.78, 5) is 20.2. The highest BCUT2D eigenvalue weighted by Crippen LogP contribution is 2.36. The SMILES string of the molecule is Cc1nc2c(c(NC3CCC(Oc4cc(N5CCOCC5)cc5ncncc45)CC3)n1)OCC2. The highest BCUT2D eigenvalue weighted by Gasteiger charge is 2.27. The highest BCUT2D eigenvalue weighted by atomic mass is 16.5. The monoisotopic (exact) mass is 462 g/mol. The molecule has 1 aliphatic carbocycles. The van der Waals surface area contributed by atoms with E-state index in [1.165, 1.54) is 0 Å². The smallest absolute Gasteiger partial charge is 0.183 e. The molecule has 3 aromatic rings. The molecule has 178 valence electrons. The normalized spacial score (nSPS) is 22.3. The predicted molar refractivity (Wildman–Crippen MR) is 129 cm³/mol. The van der Waals surface area contributed by atoms with Crippen LogP contribution in [0.15, 0.2) is 24.7 Å². The molecule has 3 aliphatic rings. The average Bonchev–Trinajstić information content (AvgIpc) is 3.34. The van der Waals surface area contributed by atoms with Gasteiger partial charge in [0.15, 0.2) is 11.6 Å². The number of aromatic nitrogens is 4. The van der Waals surface area contributed by atoms with Crippen LogP contribution in [0, 0.1) is 6.92 Å². The third-order valence-corrected chi connectivity index (χ3v) is 6.89. The lowest BCUT2D eigenvalue weighted by Crippen LogP contribution is -2.36. The highest BCUT2D eigenvalue weighted by molar-refractivity contribution is 5.88. The zero-order chi connectivity index (χ0) is 22.9. The zero-order valence-electron chi connectivity index (χ0n) is 19.5. The lowest BCUT2D eigenvalue weighted by Gasteiger charge is -2.32. The van der Waals surface area contributed by atoms with Crippen LogP contribution < -0.4 is 19.7 Å². The summed E-state index contributed by atoms with van der Waals surface area (Å²) in [5.41, 5.74) is 3.06. The van der Waals surface area contributed by atoms with Crippen LogP contribution in [0.2, 0.25) is 0 Å². The Morgan fingerprint density at radius 2 is 1.91 bits per heavy atom. The van der Waals surface area contributed by atoms with Crippen molar-refractivity contribution in [2.24, 2.45) is 0 Å². The van der Waals surface area contributed by atoms with Gasteiger partial charge in [-0.05, 0) is 38.7 Å². The Bertz CT molecular complexity index is 1170. The number of fused-ring (bicyclic) bond motifs is 2. The second-order valence-corrected chi connectivity index (χ2v) is 9.23. The van der Waals surface area contributed by atoms with E-state index in [1.54, 1.807) is 6.33 Å². The largest absolute Gasteiger partial charge is 0.490 e. The number of morpholine rings is 1. The van der Waals surface area contributed by atoms with E-state index in [0.29, 0.717) is 12.6 Å². The predicted octanol–water partition coefficient (Wildman–Crippen LogP) is 3.30. The first-order chi connectivity index (χ1) is 16.7. The van der Waals surface area contributed by atoms with Crippen molar-refractivity contribution in [1.29, 1.82) is 0 Å². The summed E-state index contributed by atoms with van der Waals surface area (Å²) < 4.78 is 17.9. The van der Waals surface area contributed by atoms with Gasteiger partial charge in [-0.25, -0.2) is 19.9 Å². The molecule has 1 saturated carbocycles. The summed E-state index contributed by atoms with van der Waals surface area (Å²) in [6, 6.07) is 4.62. The molecule has 0 bridgehead atoms. The molecule has 0 unspecified atom stereocenters. The summed E-state index contributed by atoms with van der Waals surface area (Å²) in [6.07, 6.45) is 8.45. The molecule has 6 rings (SSSR count). The summed E-state index contributed by atoms with van der Waals surface area (Å²) in [6.45, 7) is 5.87.